The lowest BCUT2D eigenvalue weighted by Gasteiger charge is -2.39. The molecule has 0 bridgehead atoms. The molecule has 0 aromatic heterocycles. The highest BCUT2D eigenvalue weighted by molar-refractivity contribution is 5.28. The van der Waals surface area contributed by atoms with Crippen LogP contribution in [0.4, 0.5) is 17.6 Å². The van der Waals surface area contributed by atoms with Gasteiger partial charge in [-0.3, -0.25) is 0 Å². The molecule has 0 aliphatic carbocycles. The molecule has 1 aromatic carbocycles. The smallest absolute Gasteiger partial charge is 0.197 e. The molecule has 5 heteroatoms. The molecule has 1 atom stereocenters. The van der Waals surface area contributed by atoms with E-state index in [1.54, 1.807) is 0 Å². The first-order chi connectivity index (χ1) is 12.4. The molecule has 0 amide bonds. The van der Waals surface area contributed by atoms with Crippen LogP contribution in [0.1, 0.15) is 90.0 Å². The fourth-order valence-corrected chi connectivity index (χ4v) is 3.85. The van der Waals surface area contributed by atoms with E-state index in [0.717, 1.165) is 38.2 Å². The molecule has 150 valence electrons. The first-order valence-corrected chi connectivity index (χ1v) is 9.76. The fourth-order valence-electron chi connectivity index (χ4n) is 3.85. The van der Waals surface area contributed by atoms with Gasteiger partial charge in [0.25, 0.3) is 0 Å². The van der Waals surface area contributed by atoms with Crippen LogP contribution in [-0.2, 0) is 4.74 Å². The average Bonchev–Trinajstić information content (AvgIpc) is 2.66. The zero-order chi connectivity index (χ0) is 19.7. The van der Waals surface area contributed by atoms with E-state index in [0.29, 0.717) is 19.3 Å². The van der Waals surface area contributed by atoms with Crippen LogP contribution in [-0.4, -0.2) is 12.7 Å². The lowest BCUT2D eigenvalue weighted by Crippen LogP contribution is -2.38. The standard InChI is InChI=1S/C21H32F4O/c1-5-8-9-10-11-12-13-16(21(6-2,7-3)26-4)15-14-17(22)19(24)20(25)18(15)23/h14,16H,5-13H2,1-4H3. The van der Waals surface area contributed by atoms with Crippen molar-refractivity contribution in [3.05, 3.63) is 34.9 Å². The Bertz CT molecular complexity index is 547. The van der Waals surface area contributed by atoms with Crippen molar-refractivity contribution in [3.8, 4) is 0 Å². The van der Waals surface area contributed by atoms with E-state index in [1.165, 1.54) is 13.5 Å². The molecule has 0 fully saturated rings. The summed E-state index contributed by atoms with van der Waals surface area (Å²) in [7, 11) is 1.54. The number of methoxy groups -OCH3 is 1. The van der Waals surface area contributed by atoms with Crippen LogP contribution in [0, 0.1) is 23.3 Å². The van der Waals surface area contributed by atoms with Crippen molar-refractivity contribution in [1.29, 1.82) is 0 Å². The van der Waals surface area contributed by atoms with Crippen LogP contribution < -0.4 is 0 Å². The van der Waals surface area contributed by atoms with Gasteiger partial charge in [0.05, 0.1) is 5.60 Å². The highest BCUT2D eigenvalue weighted by atomic mass is 19.2. The monoisotopic (exact) mass is 376 g/mol. The third kappa shape index (κ3) is 5.21. The molecule has 0 heterocycles. The summed E-state index contributed by atoms with van der Waals surface area (Å²) >= 11 is 0. The third-order valence-electron chi connectivity index (χ3n) is 5.59. The lowest BCUT2D eigenvalue weighted by atomic mass is 9.75. The predicted molar refractivity (Wildman–Crippen MR) is 97.3 cm³/mol. The van der Waals surface area contributed by atoms with Gasteiger partial charge in [-0.05, 0) is 30.9 Å². The molecular weight excluding hydrogens is 344 g/mol. The summed E-state index contributed by atoms with van der Waals surface area (Å²) in [5.41, 5.74) is -0.860. The van der Waals surface area contributed by atoms with Crippen LogP contribution in [0.25, 0.3) is 0 Å². The fraction of sp³-hybridized carbons (Fsp3) is 0.714. The van der Waals surface area contributed by atoms with Crippen LogP contribution in [0.3, 0.4) is 0 Å². The molecule has 1 unspecified atom stereocenters. The first kappa shape index (κ1) is 22.9. The quantitative estimate of drug-likeness (QED) is 0.161. The van der Waals surface area contributed by atoms with Crippen molar-refractivity contribution in [2.45, 2.75) is 90.1 Å². The van der Waals surface area contributed by atoms with E-state index in [4.69, 9.17) is 4.74 Å². The largest absolute Gasteiger partial charge is 0.378 e. The minimum Gasteiger partial charge on any atom is -0.378 e. The average molecular weight is 376 g/mol. The summed E-state index contributed by atoms with van der Waals surface area (Å²) in [5.74, 6) is -6.70. The van der Waals surface area contributed by atoms with Crippen molar-refractivity contribution in [1.82, 2.24) is 0 Å². The van der Waals surface area contributed by atoms with Crippen molar-refractivity contribution >= 4 is 0 Å². The molecule has 0 N–H and O–H groups in total. The molecule has 0 radical (unpaired) electrons. The third-order valence-corrected chi connectivity index (χ3v) is 5.59. The van der Waals surface area contributed by atoms with E-state index in [-0.39, 0.29) is 5.56 Å². The summed E-state index contributed by atoms with van der Waals surface area (Å²) in [6.45, 7) is 5.97. The van der Waals surface area contributed by atoms with Gasteiger partial charge in [-0.25, -0.2) is 17.6 Å². The molecular formula is C21H32F4O. The Morgan fingerprint density at radius 1 is 0.846 bits per heavy atom. The number of benzene rings is 1. The van der Waals surface area contributed by atoms with E-state index >= 15 is 0 Å². The van der Waals surface area contributed by atoms with E-state index in [2.05, 4.69) is 6.92 Å². The second-order valence-corrected chi connectivity index (χ2v) is 6.97. The van der Waals surface area contributed by atoms with Gasteiger partial charge in [0, 0.05) is 13.0 Å². The highest BCUT2D eigenvalue weighted by Gasteiger charge is 2.39. The number of hydrogen-bond acceptors (Lipinski definition) is 1. The molecule has 0 saturated carbocycles. The molecule has 26 heavy (non-hydrogen) atoms. The molecule has 0 spiro atoms. The van der Waals surface area contributed by atoms with Crippen LogP contribution >= 0.6 is 0 Å². The van der Waals surface area contributed by atoms with Gasteiger partial charge in [-0.15, -0.1) is 0 Å². The van der Waals surface area contributed by atoms with Gasteiger partial charge < -0.3 is 4.74 Å². The molecule has 0 saturated heterocycles. The van der Waals surface area contributed by atoms with E-state index < -0.39 is 34.8 Å². The predicted octanol–water partition coefficient (Wildman–Crippen LogP) is 7.28. The Labute approximate surface area is 155 Å². The maximum Gasteiger partial charge on any atom is 0.197 e. The summed E-state index contributed by atoms with van der Waals surface area (Å²) in [6, 6.07) is 0.800. The van der Waals surface area contributed by atoms with Crippen LogP contribution in [0.5, 0.6) is 0 Å². The summed E-state index contributed by atoms with van der Waals surface area (Å²) in [5, 5.41) is 0. The Balaban J connectivity index is 3.13. The van der Waals surface area contributed by atoms with Gasteiger partial charge in [0.15, 0.2) is 23.3 Å². The van der Waals surface area contributed by atoms with Gasteiger partial charge in [0.2, 0.25) is 0 Å². The van der Waals surface area contributed by atoms with Crippen molar-refractivity contribution < 1.29 is 22.3 Å². The zero-order valence-corrected chi connectivity index (χ0v) is 16.4. The minimum absolute atomic E-state index is 0.125. The van der Waals surface area contributed by atoms with Crippen molar-refractivity contribution in [2.24, 2.45) is 0 Å². The van der Waals surface area contributed by atoms with Gasteiger partial charge in [-0.2, -0.15) is 0 Å². The topological polar surface area (TPSA) is 9.23 Å². The van der Waals surface area contributed by atoms with Crippen LogP contribution in [0.15, 0.2) is 6.07 Å². The van der Waals surface area contributed by atoms with Gasteiger partial charge >= 0.3 is 0 Å². The Morgan fingerprint density at radius 3 is 1.96 bits per heavy atom. The second kappa shape index (κ2) is 10.9. The number of hydrogen-bond donors (Lipinski definition) is 0. The number of ether oxygens (including phenoxy) is 1. The molecule has 1 aromatic rings. The molecule has 0 aliphatic rings. The van der Waals surface area contributed by atoms with Gasteiger partial charge in [0.1, 0.15) is 0 Å². The summed E-state index contributed by atoms with van der Waals surface area (Å²) < 4.78 is 61.2. The summed E-state index contributed by atoms with van der Waals surface area (Å²) in [4.78, 5) is 0. The summed E-state index contributed by atoms with van der Waals surface area (Å²) in [6.07, 6.45) is 8.01. The Hall–Kier alpha value is -1.10. The Kier molecular flexibility index (Phi) is 9.62. The Morgan fingerprint density at radius 2 is 1.42 bits per heavy atom. The lowest BCUT2D eigenvalue weighted by molar-refractivity contribution is -0.0435. The first-order valence-electron chi connectivity index (χ1n) is 9.76. The van der Waals surface area contributed by atoms with Crippen LogP contribution in [0.2, 0.25) is 0 Å². The second-order valence-electron chi connectivity index (χ2n) is 6.97. The number of halogens is 4. The van der Waals surface area contributed by atoms with Crippen molar-refractivity contribution in [3.63, 3.8) is 0 Å². The normalized spacial score (nSPS) is 13.2. The molecule has 1 rings (SSSR count). The van der Waals surface area contributed by atoms with E-state index in [1.807, 2.05) is 13.8 Å². The molecule has 0 aliphatic heterocycles. The van der Waals surface area contributed by atoms with Crippen molar-refractivity contribution in [2.75, 3.05) is 7.11 Å². The highest BCUT2D eigenvalue weighted by Crippen LogP contribution is 2.42. The van der Waals surface area contributed by atoms with E-state index in [9.17, 15) is 17.6 Å². The maximum atomic E-state index is 14.5. The number of rotatable bonds is 12. The number of unbranched alkanes of at least 4 members (excludes halogenated alkanes) is 5. The zero-order valence-electron chi connectivity index (χ0n) is 16.4. The maximum absolute atomic E-state index is 14.5. The van der Waals surface area contributed by atoms with Gasteiger partial charge in [-0.1, -0.05) is 59.3 Å². The SMILES string of the molecule is CCCCCCCCC(c1cc(F)c(F)c(F)c1F)C(CC)(CC)OC. The molecule has 1 nitrogen and oxygen atoms in total. The minimum atomic E-state index is -1.76.